The molecule has 1 unspecified atom stereocenters. The fourth-order valence-corrected chi connectivity index (χ4v) is 3.17. The Balaban J connectivity index is 1.64. The van der Waals surface area contributed by atoms with Crippen molar-refractivity contribution in [2.24, 2.45) is 5.92 Å². The Hall–Kier alpha value is -0.610. The van der Waals surface area contributed by atoms with Crippen LogP contribution >= 0.6 is 0 Å². The van der Waals surface area contributed by atoms with E-state index in [1.54, 1.807) is 6.92 Å². The Labute approximate surface area is 111 Å². The van der Waals surface area contributed by atoms with Crippen LogP contribution in [0.3, 0.4) is 0 Å². The van der Waals surface area contributed by atoms with Gasteiger partial charge in [-0.25, -0.2) is 0 Å². The lowest BCUT2D eigenvalue weighted by Gasteiger charge is -2.34. The summed E-state index contributed by atoms with van der Waals surface area (Å²) in [6.45, 7) is 7.17. The molecule has 18 heavy (non-hydrogen) atoms. The van der Waals surface area contributed by atoms with E-state index in [4.69, 9.17) is 0 Å². The molecule has 0 radical (unpaired) electrons. The molecule has 2 aliphatic rings. The smallest absolute Gasteiger partial charge is 0.219 e. The molecule has 0 aromatic carbocycles. The summed E-state index contributed by atoms with van der Waals surface area (Å²) < 4.78 is 0. The van der Waals surface area contributed by atoms with Crippen molar-refractivity contribution in [2.45, 2.75) is 38.6 Å². The Bertz CT molecular complexity index is 274. The van der Waals surface area contributed by atoms with Crippen LogP contribution in [0.15, 0.2) is 0 Å². The van der Waals surface area contributed by atoms with E-state index in [9.17, 15) is 4.79 Å². The molecular weight excluding hydrogens is 226 g/mol. The first-order chi connectivity index (χ1) is 8.65. The minimum Gasteiger partial charge on any atom is -0.343 e. The number of nitrogens with zero attached hydrogens (tertiary/aromatic N) is 2. The second-order valence-corrected chi connectivity index (χ2v) is 5.96. The summed E-state index contributed by atoms with van der Waals surface area (Å²) in [5.41, 5.74) is 0. The number of carbonyl (C=O) groups excluding carboxylic acids is 1. The second-order valence-electron chi connectivity index (χ2n) is 5.96. The molecule has 2 fully saturated rings. The van der Waals surface area contributed by atoms with E-state index in [-0.39, 0.29) is 5.91 Å². The molecule has 0 saturated carbocycles. The standard InChI is InChI=1S/C14H27N3O/c1-12(18)17-8-5-14(6-9-17)15-10-13-4-3-7-16(2)11-13/h13-15H,3-11H2,1-2H3. The molecule has 2 saturated heterocycles. The highest BCUT2D eigenvalue weighted by Crippen LogP contribution is 2.16. The van der Waals surface area contributed by atoms with Crippen LogP contribution in [0.5, 0.6) is 0 Å². The zero-order chi connectivity index (χ0) is 13.0. The zero-order valence-electron chi connectivity index (χ0n) is 11.8. The van der Waals surface area contributed by atoms with E-state index in [1.165, 1.54) is 25.9 Å². The topological polar surface area (TPSA) is 35.6 Å². The van der Waals surface area contributed by atoms with Crippen molar-refractivity contribution in [3.05, 3.63) is 0 Å². The summed E-state index contributed by atoms with van der Waals surface area (Å²) in [7, 11) is 2.22. The summed E-state index contributed by atoms with van der Waals surface area (Å²) >= 11 is 0. The van der Waals surface area contributed by atoms with Gasteiger partial charge in [-0.15, -0.1) is 0 Å². The number of likely N-dealkylation sites (tertiary alicyclic amines) is 2. The van der Waals surface area contributed by atoms with E-state index in [0.29, 0.717) is 6.04 Å². The van der Waals surface area contributed by atoms with Crippen LogP contribution in [0.25, 0.3) is 0 Å². The largest absolute Gasteiger partial charge is 0.343 e. The lowest BCUT2D eigenvalue weighted by atomic mass is 9.97. The van der Waals surface area contributed by atoms with Gasteiger partial charge in [0, 0.05) is 32.6 Å². The van der Waals surface area contributed by atoms with Crippen molar-refractivity contribution in [1.82, 2.24) is 15.1 Å². The number of amides is 1. The number of rotatable bonds is 3. The SMILES string of the molecule is CC(=O)N1CCC(NCC2CCCN(C)C2)CC1. The number of piperidine rings is 2. The predicted octanol–water partition coefficient (Wildman–Crippen LogP) is 0.929. The Morgan fingerprint density at radius 3 is 2.56 bits per heavy atom. The molecule has 0 aromatic heterocycles. The first-order valence-corrected chi connectivity index (χ1v) is 7.32. The van der Waals surface area contributed by atoms with Gasteiger partial charge in [-0.3, -0.25) is 4.79 Å². The van der Waals surface area contributed by atoms with Crippen LogP contribution in [-0.4, -0.2) is 61.5 Å². The van der Waals surface area contributed by atoms with Gasteiger partial charge in [-0.05, 0) is 51.7 Å². The summed E-state index contributed by atoms with van der Waals surface area (Å²) in [5, 5.41) is 3.71. The number of nitrogens with one attached hydrogen (secondary N) is 1. The Morgan fingerprint density at radius 1 is 1.22 bits per heavy atom. The van der Waals surface area contributed by atoms with Gasteiger partial charge in [0.05, 0.1) is 0 Å². The number of hydrogen-bond acceptors (Lipinski definition) is 3. The number of carbonyl (C=O) groups is 1. The lowest BCUT2D eigenvalue weighted by molar-refractivity contribution is -0.129. The van der Waals surface area contributed by atoms with E-state index in [0.717, 1.165) is 38.4 Å². The van der Waals surface area contributed by atoms with E-state index in [2.05, 4.69) is 17.3 Å². The average molecular weight is 253 g/mol. The van der Waals surface area contributed by atoms with Crippen molar-refractivity contribution >= 4 is 5.91 Å². The quantitative estimate of drug-likeness (QED) is 0.813. The highest BCUT2D eigenvalue weighted by molar-refractivity contribution is 5.73. The van der Waals surface area contributed by atoms with Gasteiger partial charge in [0.1, 0.15) is 0 Å². The normalized spacial score (nSPS) is 27.4. The average Bonchev–Trinajstić information content (AvgIpc) is 2.37. The van der Waals surface area contributed by atoms with Gasteiger partial charge in [0.25, 0.3) is 0 Å². The first kappa shape index (κ1) is 13.8. The fourth-order valence-electron chi connectivity index (χ4n) is 3.17. The molecule has 104 valence electrons. The fraction of sp³-hybridized carbons (Fsp3) is 0.929. The Morgan fingerprint density at radius 2 is 1.94 bits per heavy atom. The third-order valence-electron chi connectivity index (χ3n) is 4.36. The molecule has 0 aromatic rings. The van der Waals surface area contributed by atoms with Crippen LogP contribution in [0.1, 0.15) is 32.6 Å². The minimum atomic E-state index is 0.224. The van der Waals surface area contributed by atoms with Crippen molar-refractivity contribution < 1.29 is 4.79 Å². The molecule has 1 atom stereocenters. The van der Waals surface area contributed by atoms with Crippen molar-refractivity contribution in [3.8, 4) is 0 Å². The summed E-state index contributed by atoms with van der Waals surface area (Å²) in [4.78, 5) is 15.7. The van der Waals surface area contributed by atoms with Crippen LogP contribution in [-0.2, 0) is 4.79 Å². The van der Waals surface area contributed by atoms with Gasteiger partial charge in [0.15, 0.2) is 0 Å². The molecule has 0 spiro atoms. The third kappa shape index (κ3) is 3.95. The molecule has 4 nitrogen and oxygen atoms in total. The monoisotopic (exact) mass is 253 g/mol. The Kier molecular flexibility index (Phi) is 5.01. The summed E-state index contributed by atoms with van der Waals surface area (Å²) in [5.74, 6) is 1.04. The summed E-state index contributed by atoms with van der Waals surface area (Å²) in [6, 6.07) is 0.618. The molecule has 2 aliphatic heterocycles. The van der Waals surface area contributed by atoms with Gasteiger partial charge in [0.2, 0.25) is 5.91 Å². The van der Waals surface area contributed by atoms with Crippen molar-refractivity contribution in [3.63, 3.8) is 0 Å². The van der Waals surface area contributed by atoms with Gasteiger partial charge < -0.3 is 15.1 Å². The van der Waals surface area contributed by atoms with Gasteiger partial charge in [-0.2, -0.15) is 0 Å². The molecule has 1 amide bonds. The number of hydrogen-bond donors (Lipinski definition) is 1. The first-order valence-electron chi connectivity index (χ1n) is 7.32. The minimum absolute atomic E-state index is 0.224. The van der Waals surface area contributed by atoms with Gasteiger partial charge in [-0.1, -0.05) is 0 Å². The molecule has 2 rings (SSSR count). The highest BCUT2D eigenvalue weighted by atomic mass is 16.2. The molecule has 4 heteroatoms. The van der Waals surface area contributed by atoms with Crippen LogP contribution < -0.4 is 5.32 Å². The predicted molar refractivity (Wildman–Crippen MR) is 73.5 cm³/mol. The third-order valence-corrected chi connectivity index (χ3v) is 4.36. The maximum atomic E-state index is 11.2. The van der Waals surface area contributed by atoms with Gasteiger partial charge >= 0.3 is 0 Å². The van der Waals surface area contributed by atoms with Crippen LogP contribution in [0.4, 0.5) is 0 Å². The van der Waals surface area contributed by atoms with Crippen molar-refractivity contribution in [2.75, 3.05) is 39.8 Å². The van der Waals surface area contributed by atoms with E-state index >= 15 is 0 Å². The van der Waals surface area contributed by atoms with E-state index in [1.807, 2.05) is 4.90 Å². The van der Waals surface area contributed by atoms with Crippen molar-refractivity contribution in [1.29, 1.82) is 0 Å². The zero-order valence-corrected chi connectivity index (χ0v) is 11.8. The molecule has 1 N–H and O–H groups in total. The summed E-state index contributed by atoms with van der Waals surface area (Å²) in [6.07, 6.45) is 4.93. The molecule has 2 heterocycles. The lowest BCUT2D eigenvalue weighted by Crippen LogP contribution is -2.46. The maximum absolute atomic E-state index is 11.2. The molecule has 0 bridgehead atoms. The molecule has 0 aliphatic carbocycles. The van der Waals surface area contributed by atoms with Crippen LogP contribution in [0, 0.1) is 5.92 Å². The maximum Gasteiger partial charge on any atom is 0.219 e. The van der Waals surface area contributed by atoms with E-state index < -0.39 is 0 Å². The molecular formula is C14H27N3O. The highest BCUT2D eigenvalue weighted by Gasteiger charge is 2.22. The second kappa shape index (κ2) is 6.53. The van der Waals surface area contributed by atoms with Crippen LogP contribution in [0.2, 0.25) is 0 Å².